The van der Waals surface area contributed by atoms with Gasteiger partial charge in [0.1, 0.15) is 0 Å². The average Bonchev–Trinajstić information content (AvgIpc) is 2.36. The van der Waals surface area contributed by atoms with Crippen molar-refractivity contribution in [2.24, 2.45) is 0 Å². The van der Waals surface area contributed by atoms with Crippen LogP contribution < -0.4 is 5.32 Å². The molecule has 0 saturated carbocycles. The summed E-state index contributed by atoms with van der Waals surface area (Å²) < 4.78 is 0.666. The highest BCUT2D eigenvalue weighted by atomic mass is 79.9. The Morgan fingerprint density at radius 1 is 1.29 bits per heavy atom. The molecule has 0 saturated heterocycles. The number of carbonyl (C=O) groups excluding carboxylic acids is 1. The molecule has 1 heterocycles. The van der Waals surface area contributed by atoms with Crippen molar-refractivity contribution in [3.05, 3.63) is 57.8 Å². The Labute approximate surface area is 112 Å². The highest BCUT2D eigenvalue weighted by Gasteiger charge is 2.09. The summed E-state index contributed by atoms with van der Waals surface area (Å²) in [5, 5.41) is 3.31. The van der Waals surface area contributed by atoms with Crippen LogP contribution in [0.1, 0.15) is 10.4 Å². The highest BCUT2D eigenvalue weighted by molar-refractivity contribution is 9.10. The van der Waals surface area contributed by atoms with E-state index < -0.39 is 0 Å². The monoisotopic (exact) mass is 310 g/mol. The number of carbonyl (C=O) groups is 1. The zero-order valence-electron chi connectivity index (χ0n) is 8.65. The number of pyridine rings is 1. The number of amides is 1. The van der Waals surface area contributed by atoms with Gasteiger partial charge >= 0.3 is 0 Å². The van der Waals surface area contributed by atoms with Crippen molar-refractivity contribution in [2.75, 3.05) is 5.32 Å². The number of anilines is 1. The largest absolute Gasteiger partial charge is 0.321 e. The molecule has 1 amide bonds. The molecular formula is C12H8BrClN2O. The van der Waals surface area contributed by atoms with E-state index in [1.165, 1.54) is 6.20 Å². The molecule has 0 unspecified atom stereocenters. The van der Waals surface area contributed by atoms with Gasteiger partial charge in [0.15, 0.2) is 0 Å². The van der Waals surface area contributed by atoms with Gasteiger partial charge in [0.2, 0.25) is 0 Å². The molecule has 17 heavy (non-hydrogen) atoms. The number of hydrogen-bond acceptors (Lipinski definition) is 2. The van der Waals surface area contributed by atoms with Crippen LogP contribution in [-0.4, -0.2) is 10.9 Å². The van der Waals surface area contributed by atoms with E-state index in [1.54, 1.807) is 36.5 Å². The quantitative estimate of drug-likeness (QED) is 0.918. The molecule has 0 radical (unpaired) electrons. The van der Waals surface area contributed by atoms with Crippen molar-refractivity contribution < 1.29 is 4.79 Å². The second-order valence-electron chi connectivity index (χ2n) is 3.30. The van der Waals surface area contributed by atoms with Gasteiger partial charge in [0.05, 0.1) is 20.7 Å². The number of hydrogen-bond donors (Lipinski definition) is 1. The van der Waals surface area contributed by atoms with E-state index in [-0.39, 0.29) is 5.91 Å². The second kappa shape index (κ2) is 5.29. The van der Waals surface area contributed by atoms with Crippen LogP contribution in [0.2, 0.25) is 5.02 Å². The third-order valence-electron chi connectivity index (χ3n) is 2.12. The van der Waals surface area contributed by atoms with E-state index in [0.29, 0.717) is 20.7 Å². The summed E-state index contributed by atoms with van der Waals surface area (Å²) in [4.78, 5) is 15.8. The minimum atomic E-state index is -0.221. The second-order valence-corrected chi connectivity index (χ2v) is 4.50. The fourth-order valence-electron chi connectivity index (χ4n) is 1.29. The van der Waals surface area contributed by atoms with Crippen LogP contribution in [0.3, 0.4) is 0 Å². The van der Waals surface area contributed by atoms with Gasteiger partial charge in [-0.2, -0.15) is 0 Å². The van der Waals surface area contributed by atoms with Crippen LogP contribution in [0.4, 0.5) is 5.69 Å². The fraction of sp³-hybridized carbons (Fsp3) is 0. The SMILES string of the molecule is O=C(Nc1cccc(Cl)c1Br)c1cccnc1. The van der Waals surface area contributed by atoms with Crippen molar-refractivity contribution >= 4 is 39.1 Å². The fourth-order valence-corrected chi connectivity index (χ4v) is 1.83. The number of nitrogens with zero attached hydrogens (tertiary/aromatic N) is 1. The van der Waals surface area contributed by atoms with E-state index >= 15 is 0 Å². The maximum atomic E-state index is 11.9. The standard InChI is InChI=1S/C12H8BrClN2O/c13-11-9(14)4-1-5-10(11)16-12(17)8-3-2-6-15-7-8/h1-7H,(H,16,17). The van der Waals surface area contributed by atoms with Crippen LogP contribution >= 0.6 is 27.5 Å². The van der Waals surface area contributed by atoms with Gasteiger partial charge in [-0.3, -0.25) is 9.78 Å². The van der Waals surface area contributed by atoms with Gasteiger partial charge in [-0.1, -0.05) is 17.7 Å². The van der Waals surface area contributed by atoms with Crippen LogP contribution in [0, 0.1) is 0 Å². The predicted molar refractivity (Wildman–Crippen MR) is 71.3 cm³/mol. The first kappa shape index (κ1) is 12.1. The van der Waals surface area contributed by atoms with Crippen molar-refractivity contribution in [2.45, 2.75) is 0 Å². The first-order valence-corrected chi connectivity index (χ1v) is 6.01. The van der Waals surface area contributed by atoms with Gasteiger partial charge in [-0.05, 0) is 40.2 Å². The van der Waals surface area contributed by atoms with Crippen LogP contribution in [0.25, 0.3) is 0 Å². The Balaban J connectivity index is 2.22. The number of halogens is 2. The van der Waals surface area contributed by atoms with Gasteiger partial charge in [-0.15, -0.1) is 0 Å². The lowest BCUT2D eigenvalue weighted by Gasteiger charge is -2.07. The summed E-state index contributed by atoms with van der Waals surface area (Å²) in [6, 6.07) is 8.68. The number of rotatable bonds is 2. The van der Waals surface area contributed by atoms with Gasteiger partial charge < -0.3 is 5.32 Å². The number of nitrogens with one attached hydrogen (secondary N) is 1. The average molecular weight is 312 g/mol. The molecule has 5 heteroatoms. The van der Waals surface area contributed by atoms with E-state index in [0.717, 1.165) is 0 Å². The van der Waals surface area contributed by atoms with E-state index in [1.807, 2.05) is 0 Å². The molecule has 0 aliphatic heterocycles. The third-order valence-corrected chi connectivity index (χ3v) is 3.52. The molecule has 1 aromatic heterocycles. The molecule has 2 rings (SSSR count). The maximum Gasteiger partial charge on any atom is 0.257 e. The Hall–Kier alpha value is -1.39. The van der Waals surface area contributed by atoms with Crippen LogP contribution in [0.15, 0.2) is 47.2 Å². The van der Waals surface area contributed by atoms with E-state index in [9.17, 15) is 4.79 Å². The van der Waals surface area contributed by atoms with Gasteiger partial charge in [0, 0.05) is 12.4 Å². The summed E-state index contributed by atoms with van der Waals surface area (Å²) in [6.07, 6.45) is 3.12. The maximum absolute atomic E-state index is 11.9. The lowest BCUT2D eigenvalue weighted by atomic mass is 10.2. The summed E-state index contributed by atoms with van der Waals surface area (Å²) in [5.74, 6) is -0.221. The predicted octanol–water partition coefficient (Wildman–Crippen LogP) is 3.75. The van der Waals surface area contributed by atoms with Crippen molar-refractivity contribution in [3.63, 3.8) is 0 Å². The first-order chi connectivity index (χ1) is 8.18. The summed E-state index contributed by atoms with van der Waals surface area (Å²) in [7, 11) is 0. The lowest BCUT2D eigenvalue weighted by molar-refractivity contribution is 0.102. The number of aromatic nitrogens is 1. The van der Waals surface area contributed by atoms with Gasteiger partial charge in [0.25, 0.3) is 5.91 Å². The molecule has 1 aromatic carbocycles. The summed E-state index contributed by atoms with van der Waals surface area (Å²) in [5.41, 5.74) is 1.13. The molecule has 0 aliphatic rings. The molecule has 0 fully saturated rings. The Bertz CT molecular complexity index is 545. The van der Waals surface area contributed by atoms with Gasteiger partial charge in [-0.25, -0.2) is 0 Å². The van der Waals surface area contributed by atoms with Crippen LogP contribution in [-0.2, 0) is 0 Å². The summed E-state index contributed by atoms with van der Waals surface area (Å²) in [6.45, 7) is 0. The highest BCUT2D eigenvalue weighted by Crippen LogP contribution is 2.30. The summed E-state index contributed by atoms with van der Waals surface area (Å²) >= 11 is 9.25. The third kappa shape index (κ3) is 2.84. The van der Waals surface area contributed by atoms with E-state index in [4.69, 9.17) is 11.6 Å². The Morgan fingerprint density at radius 3 is 2.82 bits per heavy atom. The topological polar surface area (TPSA) is 42.0 Å². The zero-order valence-corrected chi connectivity index (χ0v) is 11.0. The molecule has 0 atom stereocenters. The molecule has 1 N–H and O–H groups in total. The Kier molecular flexibility index (Phi) is 3.76. The van der Waals surface area contributed by atoms with E-state index in [2.05, 4.69) is 26.2 Å². The lowest BCUT2D eigenvalue weighted by Crippen LogP contribution is -2.12. The smallest absolute Gasteiger partial charge is 0.257 e. The molecule has 86 valence electrons. The number of benzene rings is 1. The normalized spacial score (nSPS) is 10.0. The molecule has 3 nitrogen and oxygen atoms in total. The van der Waals surface area contributed by atoms with Crippen LogP contribution in [0.5, 0.6) is 0 Å². The first-order valence-electron chi connectivity index (χ1n) is 4.84. The molecular weight excluding hydrogens is 304 g/mol. The molecule has 2 aromatic rings. The minimum Gasteiger partial charge on any atom is -0.321 e. The minimum absolute atomic E-state index is 0.221. The zero-order chi connectivity index (χ0) is 12.3. The molecule has 0 spiro atoms. The van der Waals surface area contributed by atoms with Crippen molar-refractivity contribution in [1.82, 2.24) is 4.98 Å². The Morgan fingerprint density at radius 2 is 2.12 bits per heavy atom. The molecule has 0 bridgehead atoms. The molecule has 0 aliphatic carbocycles. The van der Waals surface area contributed by atoms with Crippen molar-refractivity contribution in [1.29, 1.82) is 0 Å². The van der Waals surface area contributed by atoms with Crippen molar-refractivity contribution in [3.8, 4) is 0 Å².